The maximum absolute atomic E-state index is 12.4. The molecule has 1 fully saturated rings. The van der Waals surface area contributed by atoms with Crippen LogP contribution in [-0.4, -0.2) is 25.9 Å². The number of hydrogen-bond acceptors (Lipinski definition) is 4. The van der Waals surface area contributed by atoms with E-state index in [1.54, 1.807) is 18.2 Å². The van der Waals surface area contributed by atoms with Crippen molar-refractivity contribution in [1.82, 2.24) is 14.8 Å². The molecule has 2 aromatic rings. The highest BCUT2D eigenvalue weighted by molar-refractivity contribution is 8.00. The molecule has 1 aliphatic carbocycles. The van der Waals surface area contributed by atoms with Crippen LogP contribution in [0.2, 0.25) is 5.02 Å². The fourth-order valence-electron chi connectivity index (χ4n) is 2.35. The summed E-state index contributed by atoms with van der Waals surface area (Å²) in [6.07, 6.45) is 4.14. The zero-order chi connectivity index (χ0) is 17.1. The molecule has 126 valence electrons. The Morgan fingerprint density at radius 1 is 1.54 bits per heavy atom. The molecule has 1 N–H and O–H groups in total. The third-order valence-electron chi connectivity index (χ3n) is 3.74. The van der Waals surface area contributed by atoms with Crippen LogP contribution in [0.25, 0.3) is 0 Å². The number of thioether (sulfide) groups is 1. The Morgan fingerprint density at radius 3 is 3.00 bits per heavy atom. The second-order valence-corrected chi connectivity index (χ2v) is 7.52. The zero-order valence-electron chi connectivity index (χ0n) is 13.4. The highest BCUT2D eigenvalue weighted by Crippen LogP contribution is 2.40. The molecule has 24 heavy (non-hydrogen) atoms. The van der Waals surface area contributed by atoms with Gasteiger partial charge < -0.3 is 9.88 Å². The summed E-state index contributed by atoms with van der Waals surface area (Å²) in [5.41, 5.74) is 0.686. The van der Waals surface area contributed by atoms with E-state index in [1.165, 1.54) is 11.8 Å². The molecular formula is C17H19ClN4OS. The minimum atomic E-state index is -0.302. The number of hydrogen-bond donors (Lipinski definition) is 1. The summed E-state index contributed by atoms with van der Waals surface area (Å²) in [5, 5.41) is 12.5. The van der Waals surface area contributed by atoms with Crippen LogP contribution >= 0.6 is 23.4 Å². The molecule has 1 amide bonds. The van der Waals surface area contributed by atoms with E-state index >= 15 is 0 Å². The molecule has 0 bridgehead atoms. The Labute approximate surface area is 150 Å². The third-order valence-corrected chi connectivity index (χ3v) is 5.06. The van der Waals surface area contributed by atoms with Crippen molar-refractivity contribution in [3.63, 3.8) is 0 Å². The number of aromatic nitrogens is 3. The van der Waals surface area contributed by atoms with Crippen molar-refractivity contribution < 1.29 is 4.79 Å². The summed E-state index contributed by atoms with van der Waals surface area (Å²) < 4.78 is 2.05. The smallest absolute Gasteiger partial charge is 0.237 e. The van der Waals surface area contributed by atoms with Crippen LogP contribution in [0.5, 0.6) is 0 Å². The lowest BCUT2D eigenvalue weighted by molar-refractivity contribution is -0.115. The zero-order valence-corrected chi connectivity index (χ0v) is 15.0. The molecule has 1 unspecified atom stereocenters. The molecule has 0 saturated heterocycles. The Bertz CT molecular complexity index is 757. The van der Waals surface area contributed by atoms with Crippen LogP contribution in [0.1, 0.15) is 31.5 Å². The Balaban J connectivity index is 1.68. The van der Waals surface area contributed by atoms with Gasteiger partial charge in [-0.15, -0.1) is 16.8 Å². The van der Waals surface area contributed by atoms with Gasteiger partial charge in [-0.25, -0.2) is 0 Å². The Kier molecular flexibility index (Phi) is 5.26. The standard InChI is InChI=1S/C17H19ClN4OS/c1-3-9-22-15(12-7-8-12)20-21-17(22)24-11(2)16(23)19-14-6-4-5-13(18)10-14/h3-6,10-12H,1,7-9H2,2H3,(H,19,23). The average molecular weight is 363 g/mol. The largest absolute Gasteiger partial charge is 0.325 e. The molecule has 1 aromatic carbocycles. The normalized spacial score (nSPS) is 15.1. The number of carbonyl (C=O) groups is 1. The van der Waals surface area contributed by atoms with Gasteiger partial charge in [0.15, 0.2) is 5.16 Å². The van der Waals surface area contributed by atoms with E-state index in [2.05, 4.69) is 26.7 Å². The van der Waals surface area contributed by atoms with Gasteiger partial charge in [0.2, 0.25) is 5.91 Å². The number of benzene rings is 1. The number of anilines is 1. The number of carbonyl (C=O) groups excluding carboxylic acids is 1. The van der Waals surface area contributed by atoms with Crippen LogP contribution in [0.3, 0.4) is 0 Å². The maximum Gasteiger partial charge on any atom is 0.237 e. The Morgan fingerprint density at radius 2 is 2.33 bits per heavy atom. The molecular weight excluding hydrogens is 344 g/mol. The number of nitrogens with one attached hydrogen (secondary N) is 1. The molecule has 1 atom stereocenters. The van der Waals surface area contributed by atoms with Gasteiger partial charge in [0.05, 0.1) is 5.25 Å². The highest BCUT2D eigenvalue weighted by Gasteiger charge is 2.30. The van der Waals surface area contributed by atoms with Gasteiger partial charge in [-0.1, -0.05) is 35.5 Å². The van der Waals surface area contributed by atoms with Crippen LogP contribution < -0.4 is 5.32 Å². The van der Waals surface area contributed by atoms with Gasteiger partial charge in [-0.05, 0) is 38.0 Å². The monoisotopic (exact) mass is 362 g/mol. The first-order valence-corrected chi connectivity index (χ1v) is 9.11. The first-order valence-electron chi connectivity index (χ1n) is 7.85. The van der Waals surface area contributed by atoms with Crippen molar-refractivity contribution in [2.45, 2.75) is 42.6 Å². The molecule has 1 saturated carbocycles. The van der Waals surface area contributed by atoms with Crippen LogP contribution in [0, 0.1) is 0 Å². The van der Waals surface area contributed by atoms with Gasteiger partial charge in [0, 0.05) is 23.2 Å². The molecule has 5 nitrogen and oxygen atoms in total. The van der Waals surface area contributed by atoms with Crippen molar-refractivity contribution in [2.75, 3.05) is 5.32 Å². The quantitative estimate of drug-likeness (QED) is 0.594. The van der Waals surface area contributed by atoms with E-state index in [-0.39, 0.29) is 11.2 Å². The topological polar surface area (TPSA) is 59.8 Å². The molecule has 0 spiro atoms. The number of amides is 1. The molecule has 1 heterocycles. The minimum Gasteiger partial charge on any atom is -0.325 e. The number of allylic oxidation sites excluding steroid dienone is 1. The molecule has 1 aliphatic rings. The van der Waals surface area contributed by atoms with Crippen molar-refractivity contribution >= 4 is 35.0 Å². The van der Waals surface area contributed by atoms with E-state index in [9.17, 15) is 4.79 Å². The molecule has 3 rings (SSSR count). The lowest BCUT2D eigenvalue weighted by Gasteiger charge is -2.13. The average Bonchev–Trinajstić information content (AvgIpc) is 3.32. The SMILES string of the molecule is C=CCn1c(SC(C)C(=O)Nc2cccc(Cl)c2)nnc1C1CC1. The van der Waals surface area contributed by atoms with Gasteiger partial charge in [0.25, 0.3) is 0 Å². The summed E-state index contributed by atoms with van der Waals surface area (Å²) in [6, 6.07) is 7.11. The summed E-state index contributed by atoms with van der Waals surface area (Å²) in [7, 11) is 0. The summed E-state index contributed by atoms with van der Waals surface area (Å²) >= 11 is 7.35. The number of halogens is 1. The van der Waals surface area contributed by atoms with E-state index in [0.717, 1.165) is 23.8 Å². The minimum absolute atomic E-state index is 0.0941. The fraction of sp³-hybridized carbons (Fsp3) is 0.353. The van der Waals surface area contributed by atoms with Crippen molar-refractivity contribution in [2.24, 2.45) is 0 Å². The van der Waals surface area contributed by atoms with Crippen molar-refractivity contribution in [3.05, 3.63) is 47.8 Å². The Hall–Kier alpha value is -1.79. The lowest BCUT2D eigenvalue weighted by atomic mass is 10.3. The summed E-state index contributed by atoms with van der Waals surface area (Å²) in [4.78, 5) is 12.4. The van der Waals surface area contributed by atoms with Crippen LogP contribution in [0.4, 0.5) is 5.69 Å². The van der Waals surface area contributed by atoms with Crippen LogP contribution in [-0.2, 0) is 11.3 Å². The molecule has 0 aliphatic heterocycles. The summed E-state index contributed by atoms with van der Waals surface area (Å²) in [5.74, 6) is 1.41. The molecule has 1 aromatic heterocycles. The second-order valence-electron chi connectivity index (χ2n) is 5.77. The molecule has 7 heteroatoms. The molecule has 0 radical (unpaired) electrons. The van der Waals surface area contributed by atoms with E-state index in [4.69, 9.17) is 11.6 Å². The van der Waals surface area contributed by atoms with E-state index in [1.807, 2.05) is 19.1 Å². The van der Waals surface area contributed by atoms with Gasteiger partial charge in [-0.3, -0.25) is 4.79 Å². The van der Waals surface area contributed by atoms with E-state index < -0.39 is 0 Å². The van der Waals surface area contributed by atoms with Crippen molar-refractivity contribution in [3.8, 4) is 0 Å². The van der Waals surface area contributed by atoms with Gasteiger partial charge in [-0.2, -0.15) is 0 Å². The maximum atomic E-state index is 12.4. The summed E-state index contributed by atoms with van der Waals surface area (Å²) in [6.45, 7) is 6.31. The van der Waals surface area contributed by atoms with Gasteiger partial charge in [0.1, 0.15) is 5.82 Å². The lowest BCUT2D eigenvalue weighted by Crippen LogP contribution is -2.23. The van der Waals surface area contributed by atoms with Gasteiger partial charge >= 0.3 is 0 Å². The highest BCUT2D eigenvalue weighted by atomic mass is 35.5. The first-order chi connectivity index (χ1) is 11.6. The van der Waals surface area contributed by atoms with Crippen LogP contribution in [0.15, 0.2) is 42.1 Å². The number of rotatable bonds is 7. The third kappa shape index (κ3) is 3.99. The van der Waals surface area contributed by atoms with E-state index in [0.29, 0.717) is 23.2 Å². The first kappa shape index (κ1) is 17.0. The number of nitrogens with zero attached hydrogens (tertiary/aromatic N) is 3. The predicted molar refractivity (Wildman–Crippen MR) is 97.6 cm³/mol. The second kappa shape index (κ2) is 7.40. The predicted octanol–water partition coefficient (Wildman–Crippen LogP) is 4.11. The van der Waals surface area contributed by atoms with Crippen molar-refractivity contribution in [1.29, 1.82) is 0 Å². The fourth-order valence-corrected chi connectivity index (χ4v) is 3.41.